The highest BCUT2D eigenvalue weighted by molar-refractivity contribution is 7.89. The number of hydrogen-bond donors (Lipinski definition) is 2. The van der Waals surface area contributed by atoms with Gasteiger partial charge < -0.3 is 14.8 Å². The number of amides is 1. The summed E-state index contributed by atoms with van der Waals surface area (Å²) in [7, 11) is -2.26. The maximum atomic E-state index is 12.1. The van der Waals surface area contributed by atoms with Gasteiger partial charge >= 0.3 is 0 Å². The molecule has 7 nitrogen and oxygen atoms in total. The fraction of sp³-hybridized carbons (Fsp3) is 0.462. The SMILES string of the molecule is COC1(CNC(=O)c2cccc(S(N)(=O)=O)c2)CCOC1. The van der Waals surface area contributed by atoms with Crippen molar-refractivity contribution in [3.8, 4) is 0 Å². The van der Waals surface area contributed by atoms with Crippen LogP contribution < -0.4 is 10.5 Å². The van der Waals surface area contributed by atoms with Gasteiger partial charge in [-0.2, -0.15) is 0 Å². The van der Waals surface area contributed by atoms with Crippen molar-refractivity contribution in [3.05, 3.63) is 29.8 Å². The highest BCUT2D eigenvalue weighted by atomic mass is 32.2. The van der Waals surface area contributed by atoms with Gasteiger partial charge in [0, 0.05) is 32.2 Å². The molecule has 0 radical (unpaired) electrons. The van der Waals surface area contributed by atoms with Gasteiger partial charge in [0.25, 0.3) is 5.91 Å². The van der Waals surface area contributed by atoms with E-state index < -0.39 is 15.6 Å². The summed E-state index contributed by atoms with van der Waals surface area (Å²) in [5.74, 6) is -0.385. The van der Waals surface area contributed by atoms with Crippen LogP contribution in [0.25, 0.3) is 0 Å². The van der Waals surface area contributed by atoms with E-state index in [0.29, 0.717) is 26.2 Å². The van der Waals surface area contributed by atoms with Gasteiger partial charge in [0.15, 0.2) is 0 Å². The first kappa shape index (κ1) is 15.9. The van der Waals surface area contributed by atoms with Crippen molar-refractivity contribution >= 4 is 15.9 Å². The Morgan fingerprint density at radius 1 is 1.52 bits per heavy atom. The third-order valence-electron chi connectivity index (χ3n) is 3.50. The zero-order valence-corrected chi connectivity index (χ0v) is 12.5. The number of hydrogen-bond acceptors (Lipinski definition) is 5. The molecule has 0 aromatic heterocycles. The Hall–Kier alpha value is -1.48. The molecule has 1 aromatic rings. The number of nitrogens with two attached hydrogens (primary N) is 1. The molecular weight excluding hydrogens is 296 g/mol. The second-order valence-electron chi connectivity index (χ2n) is 4.95. The maximum Gasteiger partial charge on any atom is 0.251 e. The number of carbonyl (C=O) groups excluding carboxylic acids is 1. The summed E-state index contributed by atoms with van der Waals surface area (Å²) in [5, 5.41) is 7.78. The Morgan fingerprint density at radius 3 is 2.86 bits per heavy atom. The van der Waals surface area contributed by atoms with E-state index in [4.69, 9.17) is 14.6 Å². The number of methoxy groups -OCH3 is 1. The molecular formula is C13H18N2O5S. The first-order valence-corrected chi connectivity index (χ1v) is 7.95. The van der Waals surface area contributed by atoms with Gasteiger partial charge in [0.05, 0.1) is 11.5 Å². The van der Waals surface area contributed by atoms with Crippen molar-refractivity contribution < 1.29 is 22.7 Å². The van der Waals surface area contributed by atoms with Gasteiger partial charge in [-0.05, 0) is 18.2 Å². The van der Waals surface area contributed by atoms with E-state index in [1.54, 1.807) is 7.11 Å². The van der Waals surface area contributed by atoms with Gasteiger partial charge in [0.2, 0.25) is 10.0 Å². The summed E-state index contributed by atoms with van der Waals surface area (Å²) in [4.78, 5) is 12.0. The minimum atomic E-state index is -3.83. The van der Waals surface area contributed by atoms with E-state index in [0.717, 1.165) is 0 Å². The molecule has 0 saturated carbocycles. The Kier molecular flexibility index (Phi) is 4.62. The Labute approximate surface area is 123 Å². The minimum Gasteiger partial charge on any atom is -0.378 e. The van der Waals surface area contributed by atoms with Crippen molar-refractivity contribution in [1.29, 1.82) is 0 Å². The van der Waals surface area contributed by atoms with Crippen LogP contribution in [0.2, 0.25) is 0 Å². The molecule has 1 unspecified atom stereocenters. The standard InChI is InChI=1S/C13H18N2O5S/c1-19-13(5-6-20-9-13)8-15-12(16)10-3-2-4-11(7-10)21(14,17)18/h2-4,7H,5-6,8-9H2,1H3,(H,15,16)(H2,14,17,18). The molecule has 0 bridgehead atoms. The average molecular weight is 314 g/mol. The van der Waals surface area contributed by atoms with Crippen molar-refractivity contribution in [2.75, 3.05) is 26.9 Å². The molecule has 1 heterocycles. The molecule has 0 aliphatic carbocycles. The van der Waals surface area contributed by atoms with Crippen LogP contribution in [0.5, 0.6) is 0 Å². The largest absolute Gasteiger partial charge is 0.378 e. The second-order valence-corrected chi connectivity index (χ2v) is 6.51. The average Bonchev–Trinajstić information content (AvgIpc) is 2.93. The van der Waals surface area contributed by atoms with Crippen LogP contribution in [0.3, 0.4) is 0 Å². The lowest BCUT2D eigenvalue weighted by Crippen LogP contribution is -2.45. The lowest BCUT2D eigenvalue weighted by molar-refractivity contribution is -0.0148. The molecule has 8 heteroatoms. The normalized spacial score (nSPS) is 22.2. The number of nitrogens with one attached hydrogen (secondary N) is 1. The zero-order chi connectivity index (χ0) is 15.5. The van der Waals surface area contributed by atoms with Gasteiger partial charge in [0.1, 0.15) is 5.60 Å². The smallest absolute Gasteiger partial charge is 0.251 e. The molecule has 1 saturated heterocycles. The van der Waals surface area contributed by atoms with Crippen molar-refractivity contribution in [2.45, 2.75) is 16.9 Å². The van der Waals surface area contributed by atoms with Crippen LogP contribution in [0.1, 0.15) is 16.8 Å². The number of carbonyl (C=O) groups is 1. The molecule has 1 aliphatic heterocycles. The number of ether oxygens (including phenoxy) is 2. The van der Waals surface area contributed by atoms with Crippen LogP contribution >= 0.6 is 0 Å². The highest BCUT2D eigenvalue weighted by Crippen LogP contribution is 2.21. The fourth-order valence-electron chi connectivity index (χ4n) is 2.12. The molecule has 1 aliphatic rings. The molecule has 116 valence electrons. The number of rotatable bonds is 5. The van der Waals surface area contributed by atoms with E-state index >= 15 is 0 Å². The number of benzene rings is 1. The van der Waals surface area contributed by atoms with E-state index in [1.165, 1.54) is 24.3 Å². The van der Waals surface area contributed by atoms with Crippen LogP contribution in [0.4, 0.5) is 0 Å². The third-order valence-corrected chi connectivity index (χ3v) is 4.41. The highest BCUT2D eigenvalue weighted by Gasteiger charge is 2.35. The van der Waals surface area contributed by atoms with E-state index in [2.05, 4.69) is 5.32 Å². The van der Waals surface area contributed by atoms with Crippen LogP contribution in [0.15, 0.2) is 29.2 Å². The molecule has 1 fully saturated rings. The molecule has 21 heavy (non-hydrogen) atoms. The molecule has 1 amide bonds. The minimum absolute atomic E-state index is 0.0965. The molecule has 0 spiro atoms. The van der Waals surface area contributed by atoms with E-state index in [1.807, 2.05) is 0 Å². The molecule has 1 atom stereocenters. The molecule has 2 rings (SSSR count). The number of primary sulfonamides is 1. The van der Waals surface area contributed by atoms with Crippen LogP contribution in [-0.4, -0.2) is 46.8 Å². The van der Waals surface area contributed by atoms with Crippen molar-refractivity contribution in [3.63, 3.8) is 0 Å². The first-order chi connectivity index (χ1) is 9.86. The van der Waals surface area contributed by atoms with E-state index in [-0.39, 0.29) is 16.4 Å². The summed E-state index contributed by atoms with van der Waals surface area (Å²) in [6.45, 7) is 1.30. The Balaban J connectivity index is 2.07. The summed E-state index contributed by atoms with van der Waals surface area (Å²) >= 11 is 0. The fourth-order valence-corrected chi connectivity index (χ4v) is 2.68. The molecule has 3 N–H and O–H groups in total. The second kappa shape index (κ2) is 6.10. The van der Waals surface area contributed by atoms with Crippen molar-refractivity contribution in [2.24, 2.45) is 5.14 Å². The summed E-state index contributed by atoms with van der Waals surface area (Å²) in [6, 6.07) is 5.58. The van der Waals surface area contributed by atoms with Gasteiger partial charge in [-0.1, -0.05) is 6.07 Å². The molecule has 1 aromatic carbocycles. The van der Waals surface area contributed by atoms with Gasteiger partial charge in [-0.15, -0.1) is 0 Å². The van der Waals surface area contributed by atoms with Crippen molar-refractivity contribution in [1.82, 2.24) is 5.32 Å². The van der Waals surface area contributed by atoms with Crippen LogP contribution in [-0.2, 0) is 19.5 Å². The first-order valence-electron chi connectivity index (χ1n) is 6.40. The number of sulfonamides is 1. The topological polar surface area (TPSA) is 108 Å². The lowest BCUT2D eigenvalue weighted by Gasteiger charge is -2.25. The van der Waals surface area contributed by atoms with Gasteiger partial charge in [-0.25, -0.2) is 13.6 Å². The monoisotopic (exact) mass is 314 g/mol. The summed E-state index contributed by atoms with van der Waals surface area (Å²) in [6.07, 6.45) is 0.695. The summed E-state index contributed by atoms with van der Waals surface area (Å²) < 4.78 is 33.3. The van der Waals surface area contributed by atoms with Crippen LogP contribution in [0, 0.1) is 0 Å². The van der Waals surface area contributed by atoms with Gasteiger partial charge in [-0.3, -0.25) is 4.79 Å². The van der Waals surface area contributed by atoms with E-state index in [9.17, 15) is 13.2 Å². The quantitative estimate of drug-likeness (QED) is 0.787. The lowest BCUT2D eigenvalue weighted by atomic mass is 10.0. The predicted octanol–water partition coefficient (Wildman–Crippen LogP) is -0.131. The summed E-state index contributed by atoms with van der Waals surface area (Å²) in [5.41, 5.74) is -0.292. The Bertz CT molecular complexity index is 623. The third kappa shape index (κ3) is 3.79. The predicted molar refractivity (Wildman–Crippen MR) is 75.3 cm³/mol. The Morgan fingerprint density at radius 2 is 2.29 bits per heavy atom. The zero-order valence-electron chi connectivity index (χ0n) is 11.7. The maximum absolute atomic E-state index is 12.1.